The molecule has 5 nitrogen and oxygen atoms in total. The highest BCUT2D eigenvalue weighted by Crippen LogP contribution is 2.49. The molecule has 146 valence electrons. The number of hydrogen-bond donors (Lipinski definition) is 0. The smallest absolute Gasteiger partial charge is 0.344 e. The summed E-state index contributed by atoms with van der Waals surface area (Å²) >= 11 is 0. The van der Waals surface area contributed by atoms with Gasteiger partial charge in [0.2, 0.25) is 0 Å². The Morgan fingerprint density at radius 3 is 2.72 bits per heavy atom. The zero-order chi connectivity index (χ0) is 19.8. The third kappa shape index (κ3) is 2.51. The number of fused-ring (bicyclic) bond motifs is 2. The molecule has 6 rings (SSSR count). The maximum Gasteiger partial charge on any atom is 0.344 e. The molecule has 0 unspecified atom stereocenters. The molecule has 1 aliphatic heterocycles. The van der Waals surface area contributed by atoms with Gasteiger partial charge in [-0.2, -0.15) is 0 Å². The van der Waals surface area contributed by atoms with Gasteiger partial charge in [-0.25, -0.2) is 14.2 Å². The van der Waals surface area contributed by atoms with Gasteiger partial charge < -0.3 is 13.7 Å². The van der Waals surface area contributed by atoms with Crippen LogP contribution >= 0.6 is 0 Å². The minimum absolute atomic E-state index is 0.250. The van der Waals surface area contributed by atoms with Gasteiger partial charge in [-0.1, -0.05) is 6.42 Å². The van der Waals surface area contributed by atoms with E-state index >= 15 is 0 Å². The van der Waals surface area contributed by atoms with Crippen molar-refractivity contribution in [1.82, 2.24) is 9.38 Å². The quantitative estimate of drug-likeness (QED) is 0.472. The molecule has 0 radical (unpaired) electrons. The molecule has 1 aromatic carbocycles. The summed E-state index contributed by atoms with van der Waals surface area (Å²) < 4.78 is 21.7. The summed E-state index contributed by atoms with van der Waals surface area (Å²) in [5.41, 5.74) is 3.50. The number of imidazole rings is 1. The maximum atomic E-state index is 14.5. The Labute approximate surface area is 166 Å². The molecular weight excluding hydrogens is 369 g/mol. The molecule has 1 saturated heterocycles. The molecule has 29 heavy (non-hydrogen) atoms. The summed E-state index contributed by atoms with van der Waals surface area (Å²) in [6.07, 6.45) is 7.44. The van der Waals surface area contributed by atoms with Gasteiger partial charge >= 0.3 is 5.63 Å². The van der Waals surface area contributed by atoms with Crippen molar-refractivity contribution in [3.05, 3.63) is 64.7 Å². The van der Waals surface area contributed by atoms with E-state index in [2.05, 4.69) is 16.0 Å². The van der Waals surface area contributed by atoms with Gasteiger partial charge in [-0.15, -0.1) is 0 Å². The van der Waals surface area contributed by atoms with Crippen LogP contribution in [0.1, 0.15) is 25.0 Å². The second-order valence-corrected chi connectivity index (χ2v) is 8.57. The SMILES string of the molecule is Cc1cn2cc(-c3cc4ccc(N5CC6(CCC6)C5)cc4oc3=O)cc(F)c2n1. The van der Waals surface area contributed by atoms with Crippen LogP contribution in [0.4, 0.5) is 10.1 Å². The van der Waals surface area contributed by atoms with Crippen LogP contribution < -0.4 is 10.5 Å². The summed E-state index contributed by atoms with van der Waals surface area (Å²) in [5.74, 6) is -0.465. The number of hydrogen-bond acceptors (Lipinski definition) is 4. The Kier molecular flexibility index (Phi) is 3.29. The number of pyridine rings is 1. The number of halogens is 1. The van der Waals surface area contributed by atoms with E-state index in [1.807, 2.05) is 12.1 Å². The van der Waals surface area contributed by atoms with Gasteiger partial charge in [-0.05, 0) is 44.0 Å². The third-order valence-corrected chi connectivity index (χ3v) is 6.49. The number of aryl methyl sites for hydroxylation is 1. The van der Waals surface area contributed by atoms with Crippen molar-refractivity contribution in [3.8, 4) is 11.1 Å². The summed E-state index contributed by atoms with van der Waals surface area (Å²) in [6.45, 7) is 3.98. The molecule has 1 saturated carbocycles. The van der Waals surface area contributed by atoms with Crippen LogP contribution in [0.5, 0.6) is 0 Å². The van der Waals surface area contributed by atoms with Gasteiger partial charge in [0.15, 0.2) is 11.5 Å². The van der Waals surface area contributed by atoms with Crippen molar-refractivity contribution < 1.29 is 8.81 Å². The van der Waals surface area contributed by atoms with Gasteiger partial charge in [0, 0.05) is 53.6 Å². The highest BCUT2D eigenvalue weighted by atomic mass is 19.1. The standard InChI is InChI=1S/C23H20FN3O2/c1-14-10-26-11-16(8-19(24)21(26)25-14)18-7-15-3-4-17(9-20(15)29-22(18)28)27-12-23(13-27)5-2-6-23/h3-4,7-11H,2,5-6,12-13H2,1H3. The fourth-order valence-corrected chi connectivity index (χ4v) is 4.76. The first kappa shape index (κ1) is 16.8. The fraction of sp³-hybridized carbons (Fsp3) is 0.304. The lowest BCUT2D eigenvalue weighted by atomic mass is 9.63. The minimum Gasteiger partial charge on any atom is -0.422 e. The van der Waals surface area contributed by atoms with Crippen molar-refractivity contribution in [3.63, 3.8) is 0 Å². The Balaban J connectivity index is 1.40. The monoisotopic (exact) mass is 389 g/mol. The Morgan fingerprint density at radius 2 is 1.97 bits per heavy atom. The van der Waals surface area contributed by atoms with Gasteiger partial charge in [-0.3, -0.25) is 0 Å². The van der Waals surface area contributed by atoms with Crippen LogP contribution in [-0.2, 0) is 0 Å². The van der Waals surface area contributed by atoms with E-state index in [4.69, 9.17) is 4.42 Å². The van der Waals surface area contributed by atoms with Crippen LogP contribution in [0.25, 0.3) is 27.7 Å². The van der Waals surface area contributed by atoms with E-state index in [1.54, 1.807) is 29.8 Å². The molecule has 4 heterocycles. The molecule has 0 amide bonds. The van der Waals surface area contributed by atoms with E-state index in [9.17, 15) is 9.18 Å². The molecule has 3 aromatic heterocycles. The lowest BCUT2D eigenvalue weighted by Crippen LogP contribution is -2.59. The van der Waals surface area contributed by atoms with Crippen molar-refractivity contribution in [1.29, 1.82) is 0 Å². The van der Waals surface area contributed by atoms with Crippen LogP contribution in [-0.4, -0.2) is 22.5 Å². The van der Waals surface area contributed by atoms with Crippen LogP contribution in [0, 0.1) is 18.2 Å². The lowest BCUT2D eigenvalue weighted by molar-refractivity contribution is 0.0904. The first-order chi connectivity index (χ1) is 14.0. The predicted octanol–water partition coefficient (Wildman–Crippen LogP) is 4.55. The summed E-state index contributed by atoms with van der Waals surface area (Å²) in [7, 11) is 0. The molecule has 2 fully saturated rings. The average Bonchev–Trinajstić information content (AvgIpc) is 2.99. The zero-order valence-electron chi connectivity index (χ0n) is 16.1. The summed E-state index contributed by atoms with van der Waals surface area (Å²) in [6, 6.07) is 9.10. The van der Waals surface area contributed by atoms with Crippen LogP contribution in [0.2, 0.25) is 0 Å². The van der Waals surface area contributed by atoms with Gasteiger partial charge in [0.1, 0.15) is 5.58 Å². The first-order valence-electron chi connectivity index (χ1n) is 9.98. The van der Waals surface area contributed by atoms with E-state index in [1.165, 1.54) is 25.3 Å². The van der Waals surface area contributed by atoms with Crippen LogP contribution in [0.15, 0.2) is 51.9 Å². The van der Waals surface area contributed by atoms with E-state index < -0.39 is 11.4 Å². The normalized spacial score (nSPS) is 17.7. The molecule has 1 aliphatic carbocycles. The average molecular weight is 389 g/mol. The van der Waals surface area contributed by atoms with Gasteiger partial charge in [0.25, 0.3) is 0 Å². The Bertz CT molecular complexity index is 1340. The largest absolute Gasteiger partial charge is 0.422 e. The first-order valence-corrected chi connectivity index (χ1v) is 9.98. The van der Waals surface area contributed by atoms with Crippen molar-refractivity contribution in [2.45, 2.75) is 26.2 Å². The number of rotatable bonds is 2. The lowest BCUT2D eigenvalue weighted by Gasteiger charge is -2.57. The topological polar surface area (TPSA) is 50.8 Å². The Hall–Kier alpha value is -3.15. The highest BCUT2D eigenvalue weighted by Gasteiger charge is 2.47. The van der Waals surface area contributed by atoms with Crippen molar-refractivity contribution in [2.24, 2.45) is 5.41 Å². The molecule has 0 N–H and O–H groups in total. The molecule has 1 spiro atoms. The molecule has 2 aliphatic rings. The second kappa shape index (κ2) is 5.69. The third-order valence-electron chi connectivity index (χ3n) is 6.49. The van der Waals surface area contributed by atoms with E-state index in [-0.39, 0.29) is 5.65 Å². The fourth-order valence-electron chi connectivity index (χ4n) is 4.76. The molecule has 0 bridgehead atoms. The number of nitrogens with zero attached hydrogens (tertiary/aromatic N) is 3. The molecule has 0 atom stereocenters. The van der Waals surface area contributed by atoms with E-state index in [0.717, 1.165) is 24.2 Å². The highest BCUT2D eigenvalue weighted by molar-refractivity contribution is 5.84. The maximum absolute atomic E-state index is 14.5. The summed E-state index contributed by atoms with van der Waals surface area (Å²) in [5, 5.41) is 0.824. The van der Waals surface area contributed by atoms with Crippen LogP contribution in [0.3, 0.4) is 0 Å². The van der Waals surface area contributed by atoms with Gasteiger partial charge in [0.05, 0.1) is 11.3 Å². The Morgan fingerprint density at radius 1 is 1.14 bits per heavy atom. The van der Waals surface area contributed by atoms with E-state index in [0.29, 0.717) is 27.8 Å². The number of benzene rings is 1. The minimum atomic E-state index is -0.468. The number of anilines is 1. The van der Waals surface area contributed by atoms with Crippen molar-refractivity contribution in [2.75, 3.05) is 18.0 Å². The molecule has 4 aromatic rings. The van der Waals surface area contributed by atoms with Crippen molar-refractivity contribution >= 4 is 22.3 Å². The predicted molar refractivity (Wildman–Crippen MR) is 110 cm³/mol. The molecular formula is C23H20FN3O2. The molecule has 6 heteroatoms. The summed E-state index contributed by atoms with van der Waals surface area (Å²) in [4.78, 5) is 19.2. The zero-order valence-corrected chi connectivity index (χ0v) is 16.1. The second-order valence-electron chi connectivity index (χ2n) is 8.57. The number of aromatic nitrogens is 2.